The largest absolute Gasteiger partial charge is 0.598 e. The first-order chi connectivity index (χ1) is 2.80. The first-order valence-electron chi connectivity index (χ1n) is 1.95. The van der Waals surface area contributed by atoms with Crippen molar-refractivity contribution < 1.29 is 4.55 Å². The van der Waals surface area contributed by atoms with Crippen LogP contribution in [0, 0.1) is 0 Å². The number of nitrogens with two attached hydrogens (primary N) is 1. The van der Waals surface area contributed by atoms with Crippen LogP contribution in [0.5, 0.6) is 0 Å². The zero-order valence-corrected chi connectivity index (χ0v) is 4.20. The molecule has 0 aromatic rings. The molecule has 1 aliphatic carbocycles. The van der Waals surface area contributed by atoms with E-state index in [9.17, 15) is 4.55 Å². The van der Waals surface area contributed by atoms with Crippen LogP contribution in [0.3, 0.4) is 0 Å². The van der Waals surface area contributed by atoms with Gasteiger partial charge in [0.25, 0.3) is 0 Å². The van der Waals surface area contributed by atoms with Crippen molar-refractivity contribution in [3.63, 3.8) is 0 Å². The number of hydrogen-bond donors (Lipinski definition) is 1. The summed E-state index contributed by atoms with van der Waals surface area (Å²) in [5.74, 6) is 0. The zero-order valence-electron chi connectivity index (χ0n) is 3.39. The van der Waals surface area contributed by atoms with E-state index >= 15 is 0 Å². The van der Waals surface area contributed by atoms with Gasteiger partial charge in [0.1, 0.15) is 5.25 Å². The average molecular weight is 105 g/mol. The third-order valence-corrected chi connectivity index (χ3v) is 1.98. The molecular weight excluding hydrogens is 98.1 g/mol. The molecule has 1 rings (SSSR count). The Kier molecular flexibility index (Phi) is 1.04. The van der Waals surface area contributed by atoms with Crippen molar-refractivity contribution in [2.24, 2.45) is 5.14 Å². The molecule has 36 valence electrons. The second-order valence-corrected chi connectivity index (χ2v) is 2.85. The van der Waals surface area contributed by atoms with Gasteiger partial charge in [-0.1, -0.05) is 0 Å². The monoisotopic (exact) mass is 105 g/mol. The van der Waals surface area contributed by atoms with Crippen LogP contribution in [-0.2, 0) is 11.4 Å². The van der Waals surface area contributed by atoms with Gasteiger partial charge in [-0.3, -0.25) is 0 Å². The summed E-state index contributed by atoms with van der Waals surface area (Å²) in [6.07, 6.45) is 2.15. The van der Waals surface area contributed by atoms with Gasteiger partial charge in [-0.15, -0.1) is 0 Å². The molecule has 0 radical (unpaired) electrons. The first kappa shape index (κ1) is 4.43. The standard InChI is InChI=1S/C3H7NOS/c4-6(5)3-1-2-3/h3H,1-2,4H2/t6-/m1/s1. The highest BCUT2D eigenvalue weighted by Crippen LogP contribution is 2.25. The van der Waals surface area contributed by atoms with E-state index in [4.69, 9.17) is 5.14 Å². The Hall–Kier alpha value is 0.270. The molecule has 1 fully saturated rings. The summed E-state index contributed by atoms with van der Waals surface area (Å²) in [5, 5.41) is 5.32. The lowest BCUT2D eigenvalue weighted by atomic mass is 11.0. The van der Waals surface area contributed by atoms with E-state index in [0.29, 0.717) is 5.25 Å². The van der Waals surface area contributed by atoms with Crippen molar-refractivity contribution in [2.45, 2.75) is 18.1 Å². The van der Waals surface area contributed by atoms with Gasteiger partial charge in [0, 0.05) is 24.2 Å². The van der Waals surface area contributed by atoms with Crippen LogP contribution < -0.4 is 5.14 Å². The minimum Gasteiger partial charge on any atom is -0.598 e. The Morgan fingerprint density at radius 2 is 2.17 bits per heavy atom. The molecular formula is C3H7NOS. The molecule has 3 heteroatoms. The molecule has 0 heterocycles. The van der Waals surface area contributed by atoms with E-state index in [0.717, 1.165) is 12.8 Å². The molecule has 0 aliphatic heterocycles. The van der Waals surface area contributed by atoms with Crippen LogP contribution in [0.15, 0.2) is 0 Å². The van der Waals surface area contributed by atoms with E-state index in [1.54, 1.807) is 0 Å². The van der Waals surface area contributed by atoms with Crippen LogP contribution in [-0.4, -0.2) is 9.80 Å². The Labute approximate surface area is 40.0 Å². The Morgan fingerprint density at radius 1 is 1.67 bits per heavy atom. The van der Waals surface area contributed by atoms with Gasteiger partial charge in [-0.2, -0.15) is 5.14 Å². The number of hydrogen-bond acceptors (Lipinski definition) is 2. The van der Waals surface area contributed by atoms with Gasteiger partial charge in [0.05, 0.1) is 0 Å². The molecule has 6 heavy (non-hydrogen) atoms. The van der Waals surface area contributed by atoms with Crippen molar-refractivity contribution in [2.75, 3.05) is 0 Å². The summed E-state index contributed by atoms with van der Waals surface area (Å²) >= 11 is -1.01. The molecule has 1 aliphatic rings. The van der Waals surface area contributed by atoms with Crippen LogP contribution in [0.1, 0.15) is 12.8 Å². The number of rotatable bonds is 1. The fraction of sp³-hybridized carbons (Fsp3) is 1.00. The van der Waals surface area contributed by atoms with Gasteiger partial charge in [0.15, 0.2) is 0 Å². The molecule has 0 saturated heterocycles. The average Bonchev–Trinajstić information content (AvgIpc) is 2.06. The molecule has 0 spiro atoms. The summed E-state index contributed by atoms with van der Waals surface area (Å²) in [6.45, 7) is 0. The molecule has 1 atom stereocenters. The van der Waals surface area contributed by atoms with Crippen LogP contribution in [0.2, 0.25) is 0 Å². The highest BCUT2D eigenvalue weighted by Gasteiger charge is 2.32. The summed E-state index contributed by atoms with van der Waals surface area (Å²) < 4.78 is 10.1. The molecule has 1 saturated carbocycles. The Balaban J connectivity index is 2.13. The fourth-order valence-corrected chi connectivity index (χ4v) is 0.901. The quantitative estimate of drug-likeness (QED) is 0.468. The molecule has 2 nitrogen and oxygen atoms in total. The van der Waals surface area contributed by atoms with E-state index in [1.807, 2.05) is 0 Å². The van der Waals surface area contributed by atoms with E-state index < -0.39 is 11.4 Å². The second-order valence-electron chi connectivity index (χ2n) is 1.53. The van der Waals surface area contributed by atoms with Gasteiger partial charge in [-0.25, -0.2) is 0 Å². The summed E-state index contributed by atoms with van der Waals surface area (Å²) in [6, 6.07) is 0. The lowest BCUT2D eigenvalue weighted by molar-refractivity contribution is 0.595. The smallest absolute Gasteiger partial charge is 0.135 e. The zero-order chi connectivity index (χ0) is 4.57. The van der Waals surface area contributed by atoms with E-state index in [1.165, 1.54) is 0 Å². The van der Waals surface area contributed by atoms with Gasteiger partial charge in [0.2, 0.25) is 0 Å². The molecule has 0 unspecified atom stereocenters. The highest BCUT2D eigenvalue weighted by atomic mass is 32.2. The van der Waals surface area contributed by atoms with Crippen molar-refractivity contribution in [1.82, 2.24) is 0 Å². The first-order valence-corrected chi connectivity index (χ1v) is 3.23. The van der Waals surface area contributed by atoms with Crippen LogP contribution >= 0.6 is 0 Å². The van der Waals surface area contributed by atoms with Gasteiger partial charge >= 0.3 is 0 Å². The molecule has 0 aromatic heterocycles. The van der Waals surface area contributed by atoms with Gasteiger partial charge in [-0.05, 0) is 0 Å². The SMILES string of the molecule is N[S@+]([O-])C1CC1. The molecule has 0 bridgehead atoms. The van der Waals surface area contributed by atoms with Crippen molar-refractivity contribution in [3.8, 4) is 0 Å². The minimum atomic E-state index is -1.01. The molecule has 0 amide bonds. The van der Waals surface area contributed by atoms with E-state index in [2.05, 4.69) is 0 Å². The molecule has 0 aromatic carbocycles. The van der Waals surface area contributed by atoms with Crippen LogP contribution in [0.25, 0.3) is 0 Å². The predicted octanol–water partition coefficient (Wildman–Crippen LogP) is -0.229. The van der Waals surface area contributed by atoms with Crippen LogP contribution in [0.4, 0.5) is 0 Å². The lowest BCUT2D eigenvalue weighted by Gasteiger charge is -1.96. The third kappa shape index (κ3) is 0.864. The Morgan fingerprint density at radius 3 is 2.17 bits per heavy atom. The minimum absolute atomic E-state index is 0.352. The maximum atomic E-state index is 10.1. The van der Waals surface area contributed by atoms with Crippen molar-refractivity contribution >= 4 is 11.4 Å². The maximum absolute atomic E-state index is 10.1. The Bertz CT molecular complexity index is 52.8. The second kappa shape index (κ2) is 1.40. The van der Waals surface area contributed by atoms with Gasteiger partial charge < -0.3 is 4.55 Å². The maximum Gasteiger partial charge on any atom is 0.135 e. The third-order valence-electron chi connectivity index (χ3n) is 0.853. The van der Waals surface area contributed by atoms with E-state index in [-0.39, 0.29) is 0 Å². The summed E-state index contributed by atoms with van der Waals surface area (Å²) in [4.78, 5) is 0. The van der Waals surface area contributed by atoms with Crippen molar-refractivity contribution in [3.05, 3.63) is 0 Å². The lowest BCUT2D eigenvalue weighted by Crippen LogP contribution is -2.16. The fourth-order valence-electron chi connectivity index (χ4n) is 0.300. The summed E-state index contributed by atoms with van der Waals surface area (Å²) in [7, 11) is 0. The summed E-state index contributed by atoms with van der Waals surface area (Å²) in [5.41, 5.74) is 0. The van der Waals surface area contributed by atoms with Crippen molar-refractivity contribution in [1.29, 1.82) is 0 Å². The molecule has 2 N–H and O–H groups in total. The normalized spacial score (nSPS) is 27.0. The highest BCUT2D eigenvalue weighted by molar-refractivity contribution is 7.90. The predicted molar refractivity (Wildman–Crippen MR) is 25.4 cm³/mol. The topological polar surface area (TPSA) is 49.1 Å².